The molecule has 1 heterocycles. The third kappa shape index (κ3) is 3.36. The molecular formula is CH6Ge6O. The van der Waals surface area contributed by atoms with Crippen LogP contribution in [0.4, 0.5) is 0 Å². The quantitative estimate of drug-likeness (QED) is 0.284. The third-order valence-electron chi connectivity index (χ3n) is 0.936. The summed E-state index contributed by atoms with van der Waals surface area (Å²) < 4.78 is 0. The van der Waals surface area contributed by atoms with Crippen LogP contribution < -0.4 is 0 Å². The maximum atomic E-state index is 10.4. The van der Waals surface area contributed by atoms with E-state index in [9.17, 15) is 4.79 Å². The zero-order chi connectivity index (χ0) is 5.82. The second-order valence-electron chi connectivity index (χ2n) is 1.53. The molecule has 1 rings (SSSR count). The molecule has 0 aromatic rings. The molecule has 1 aliphatic heterocycles. The molecule has 0 atom stereocenters. The first-order valence-corrected chi connectivity index (χ1v) is 53.3. The molecule has 40 valence electrons. The van der Waals surface area contributed by atoms with Gasteiger partial charge in [-0.25, -0.2) is 0 Å². The molecule has 1 aliphatic rings. The van der Waals surface area contributed by atoms with Gasteiger partial charge in [-0.3, -0.25) is 0 Å². The summed E-state index contributed by atoms with van der Waals surface area (Å²) in [6.45, 7) is 0. The van der Waals surface area contributed by atoms with E-state index in [1.165, 1.54) is 5.12 Å². The van der Waals surface area contributed by atoms with Crippen molar-refractivity contribution in [2.75, 3.05) is 0 Å². The van der Waals surface area contributed by atoms with Crippen LogP contribution in [0.3, 0.4) is 0 Å². The summed E-state index contributed by atoms with van der Waals surface area (Å²) in [5, 5.41) is 1.52. The summed E-state index contributed by atoms with van der Waals surface area (Å²) in [6.07, 6.45) is 0. The van der Waals surface area contributed by atoms with E-state index in [-0.39, 0.29) is 0 Å². The Morgan fingerprint density at radius 1 is 1.25 bits per heavy atom. The molecular weight excluding hydrogens is 464 g/mol. The molecule has 0 aromatic carbocycles. The van der Waals surface area contributed by atoms with Crippen LogP contribution in [0.5, 0.6) is 0 Å². The standard InChI is InChI=1S/CH6Ge6O/c8-1-7-5-3-2-4-6-7/h1-6H. The fraction of sp³-hybridized carbons (Fsp3) is 0. The van der Waals surface area contributed by atoms with Crippen molar-refractivity contribution < 1.29 is 4.79 Å². The van der Waals surface area contributed by atoms with Gasteiger partial charge in [0.25, 0.3) is 0 Å². The van der Waals surface area contributed by atoms with Crippen molar-refractivity contribution in [1.29, 1.82) is 0 Å². The van der Waals surface area contributed by atoms with Gasteiger partial charge in [-0.1, -0.05) is 0 Å². The van der Waals surface area contributed by atoms with Crippen LogP contribution in [0.15, 0.2) is 0 Å². The first-order valence-electron chi connectivity index (χ1n) is 2.44. The van der Waals surface area contributed by atoms with Crippen molar-refractivity contribution in [2.24, 2.45) is 0 Å². The van der Waals surface area contributed by atoms with E-state index in [2.05, 4.69) is 0 Å². The van der Waals surface area contributed by atoms with Crippen LogP contribution in [0.25, 0.3) is 0 Å². The van der Waals surface area contributed by atoms with Crippen molar-refractivity contribution >= 4 is 69.8 Å². The number of carbonyl (C=O) groups is 1. The molecule has 0 bridgehead atoms. The van der Waals surface area contributed by atoms with E-state index < -0.39 is 9.87 Å². The minimum absolute atomic E-state index is 0.419. The van der Waals surface area contributed by atoms with E-state index in [0.717, 1.165) is 0 Å². The topological polar surface area (TPSA) is 17.1 Å². The van der Waals surface area contributed by atoms with Gasteiger partial charge in [-0.2, -0.15) is 0 Å². The van der Waals surface area contributed by atoms with Crippen LogP contribution in [0.2, 0.25) is 0 Å². The average Bonchev–Trinajstić information content (AvgIpc) is 1.90. The monoisotopic (exact) mass is 478 g/mol. The van der Waals surface area contributed by atoms with Crippen molar-refractivity contribution in [2.45, 2.75) is 0 Å². The molecule has 0 fully saturated rings. The molecule has 1 nitrogen and oxygen atoms in total. The zero-order valence-electron chi connectivity index (χ0n) is 4.37. The Morgan fingerprint density at radius 2 is 2.12 bits per heavy atom. The summed E-state index contributed by atoms with van der Waals surface area (Å²) in [5.41, 5.74) is 0. The Labute approximate surface area is 72.9 Å². The predicted molar refractivity (Wildman–Crippen MR) is 48.2 cm³/mol. The summed E-state index contributed by atoms with van der Waals surface area (Å²) in [4.78, 5) is 10.4. The first-order chi connectivity index (χ1) is 3.93. The van der Waals surface area contributed by atoms with E-state index in [4.69, 9.17) is 0 Å². The molecule has 8 heavy (non-hydrogen) atoms. The van der Waals surface area contributed by atoms with E-state index in [1.54, 1.807) is 0 Å². The van der Waals surface area contributed by atoms with Gasteiger partial charge in [0.1, 0.15) is 0 Å². The van der Waals surface area contributed by atoms with Gasteiger partial charge in [0, 0.05) is 0 Å². The Morgan fingerprint density at radius 3 is 2.50 bits per heavy atom. The van der Waals surface area contributed by atoms with Crippen LogP contribution in [-0.4, -0.2) is 69.8 Å². The molecule has 0 spiro atoms. The molecule has 0 aliphatic carbocycles. The number of hydrogen-bond acceptors (Lipinski definition) is 1. The fourth-order valence-electron chi connectivity index (χ4n) is 0.532. The third-order valence-corrected chi connectivity index (χ3v) is 473. The van der Waals surface area contributed by atoms with E-state index >= 15 is 0 Å². The maximum absolute atomic E-state index is 10.4. The van der Waals surface area contributed by atoms with Crippen LogP contribution >= 0.6 is 0 Å². The van der Waals surface area contributed by atoms with Crippen LogP contribution in [0.1, 0.15) is 0 Å². The Bertz CT molecular complexity index is 177. The first kappa shape index (κ1) is 9.02. The molecule has 0 amide bonds. The van der Waals surface area contributed by atoms with Gasteiger partial charge in [-0.05, 0) is 0 Å². The summed E-state index contributed by atoms with van der Waals surface area (Å²) in [6, 6.07) is 0. The number of carbonyl (C=O) groups excluding carboxylic acids is 1. The summed E-state index contributed by atoms with van der Waals surface area (Å²) >= 11 is 0. The van der Waals surface area contributed by atoms with Gasteiger partial charge < -0.3 is 0 Å². The Balaban J connectivity index is 2.82. The van der Waals surface area contributed by atoms with Crippen molar-refractivity contribution in [3.05, 3.63) is 0 Å². The summed E-state index contributed by atoms with van der Waals surface area (Å²) in [7, 11) is 2.14. The number of hydrogen-bond donors (Lipinski definition) is 0. The number of rotatable bonds is 1. The van der Waals surface area contributed by atoms with E-state index in [0.29, 0.717) is 54.8 Å². The zero-order valence-corrected chi connectivity index (χ0v) is 18.6. The molecule has 7 heteroatoms. The second kappa shape index (κ2) is 5.56. The molecule has 0 aromatic heterocycles. The molecule has 0 saturated heterocycles. The Kier molecular flexibility index (Phi) is 6.27. The molecule has 0 radical (unpaired) electrons. The Hall–Kier alpha value is 2.93. The van der Waals surface area contributed by atoms with Crippen molar-refractivity contribution in [3.8, 4) is 0 Å². The predicted octanol–water partition coefficient (Wildman–Crippen LogP) is -3.90. The van der Waals surface area contributed by atoms with Crippen molar-refractivity contribution in [1.82, 2.24) is 0 Å². The van der Waals surface area contributed by atoms with Crippen LogP contribution in [-0.2, 0) is 4.79 Å². The van der Waals surface area contributed by atoms with Gasteiger partial charge in [0.2, 0.25) is 0 Å². The average molecular weight is 470 g/mol. The summed E-state index contributed by atoms with van der Waals surface area (Å²) in [5.74, 6) is 0. The molecule has 0 saturated carbocycles. The van der Waals surface area contributed by atoms with Crippen LogP contribution in [0, 0.1) is 0 Å². The SMILES string of the molecule is O=[CH][Ge]1=[GeH][GeH]=[GeH][GeH]=[GeH]1. The molecule has 0 N–H and O–H groups in total. The normalized spacial score (nSPS) is 15.8. The van der Waals surface area contributed by atoms with Gasteiger partial charge >= 0.3 is 74.5 Å². The fourth-order valence-corrected chi connectivity index (χ4v) is 1390. The van der Waals surface area contributed by atoms with Gasteiger partial charge in [0.05, 0.1) is 0 Å². The van der Waals surface area contributed by atoms with Gasteiger partial charge in [-0.15, -0.1) is 0 Å². The minimum atomic E-state index is -0.534. The van der Waals surface area contributed by atoms with Crippen molar-refractivity contribution in [3.63, 3.8) is 0 Å². The molecule has 0 unspecified atom stereocenters. The van der Waals surface area contributed by atoms with E-state index in [1.807, 2.05) is 0 Å². The van der Waals surface area contributed by atoms with Gasteiger partial charge in [0.15, 0.2) is 0 Å². The second-order valence-corrected chi connectivity index (χ2v) is 161.